The third-order valence-corrected chi connectivity index (χ3v) is 7.16. The van der Waals surface area contributed by atoms with Gasteiger partial charge >= 0.3 is 5.97 Å². The first-order valence-corrected chi connectivity index (χ1v) is 17.3. The van der Waals surface area contributed by atoms with Gasteiger partial charge in [0.1, 0.15) is 17.8 Å². The van der Waals surface area contributed by atoms with Crippen molar-refractivity contribution in [2.24, 2.45) is 5.92 Å². The van der Waals surface area contributed by atoms with Gasteiger partial charge in [0.05, 0.1) is 26.9 Å². The molecule has 0 aliphatic carbocycles. The molecule has 2 aromatic rings. The van der Waals surface area contributed by atoms with Crippen LogP contribution in [0.2, 0.25) is 5.02 Å². The Kier molecular flexibility index (Phi) is 29.2. The van der Waals surface area contributed by atoms with E-state index in [4.69, 9.17) is 25.8 Å². The lowest BCUT2D eigenvalue weighted by Crippen LogP contribution is -2.08. The number of carbonyl (C=O) groups excluding carboxylic acids is 2. The van der Waals surface area contributed by atoms with E-state index in [1.807, 2.05) is 61.5 Å². The number of halogens is 1. The Balaban J connectivity index is 0.000000756. The highest BCUT2D eigenvalue weighted by molar-refractivity contribution is 6.30. The van der Waals surface area contributed by atoms with Crippen molar-refractivity contribution in [1.29, 1.82) is 0 Å². The molecule has 9 nitrogen and oxygen atoms in total. The summed E-state index contributed by atoms with van der Waals surface area (Å²) in [4.78, 5) is 35.2. The topological polar surface area (TPSA) is 114 Å². The molecule has 1 unspecified atom stereocenters. The number of hydrogen-bond donors (Lipinski definition) is 0. The van der Waals surface area contributed by atoms with Gasteiger partial charge in [-0.15, -0.1) is 10.1 Å². The molecule has 0 saturated heterocycles. The van der Waals surface area contributed by atoms with Crippen LogP contribution in [0.3, 0.4) is 0 Å². The normalized spacial score (nSPS) is 11.1. The Hall–Kier alpha value is -3.85. The molecule has 0 aromatic heterocycles. The van der Waals surface area contributed by atoms with E-state index in [1.54, 1.807) is 7.11 Å². The highest BCUT2D eigenvalue weighted by Gasteiger charge is 2.04. The molecule has 0 bridgehead atoms. The monoisotopic (exact) mass is 689 g/mol. The number of ether oxygens (including phenoxy) is 3. The molecule has 268 valence electrons. The molecule has 10 heteroatoms. The van der Waals surface area contributed by atoms with Crippen LogP contribution in [-0.4, -0.2) is 44.3 Å². The second-order valence-corrected chi connectivity index (χ2v) is 11.3. The first-order valence-electron chi connectivity index (χ1n) is 16.9. The molecule has 0 aliphatic rings. The maximum Gasteiger partial charge on any atom is 0.305 e. The molecular formula is C38H56ClNO8. The predicted octanol–water partition coefficient (Wildman–Crippen LogP) is 9.97. The molecule has 48 heavy (non-hydrogen) atoms. The highest BCUT2D eigenvalue weighted by Crippen LogP contribution is 2.18. The molecule has 0 amide bonds. The number of nitrogens with zero attached hydrogens (tertiary/aromatic N) is 1. The van der Waals surface area contributed by atoms with E-state index in [1.165, 1.54) is 25.7 Å². The van der Waals surface area contributed by atoms with Crippen LogP contribution in [0, 0.1) is 16.0 Å². The predicted molar refractivity (Wildman–Crippen MR) is 193 cm³/mol. The average molecular weight is 690 g/mol. The van der Waals surface area contributed by atoms with Gasteiger partial charge in [0.2, 0.25) is 0 Å². The fourth-order valence-electron chi connectivity index (χ4n) is 4.14. The van der Waals surface area contributed by atoms with Crippen LogP contribution in [0.5, 0.6) is 11.5 Å². The highest BCUT2D eigenvalue weighted by atomic mass is 35.5. The average Bonchev–Trinajstić information content (AvgIpc) is 3.08. The van der Waals surface area contributed by atoms with Gasteiger partial charge in [0.25, 0.3) is 5.09 Å². The van der Waals surface area contributed by atoms with Crippen molar-refractivity contribution < 1.29 is 33.7 Å². The number of esters is 1. The zero-order valence-corrected chi connectivity index (χ0v) is 30.0. The lowest BCUT2D eigenvalue weighted by atomic mass is 9.99. The van der Waals surface area contributed by atoms with Crippen molar-refractivity contribution in [2.45, 2.75) is 97.8 Å². The summed E-state index contributed by atoms with van der Waals surface area (Å²) in [6.45, 7) is 7.52. The van der Waals surface area contributed by atoms with Gasteiger partial charge in [-0.25, -0.2) is 0 Å². The first kappa shape index (κ1) is 44.1. The third-order valence-electron chi connectivity index (χ3n) is 6.92. The summed E-state index contributed by atoms with van der Waals surface area (Å²) in [5.74, 6) is 2.06. The van der Waals surface area contributed by atoms with E-state index in [0.717, 1.165) is 53.6 Å². The van der Waals surface area contributed by atoms with Crippen LogP contribution in [0.25, 0.3) is 0 Å². The van der Waals surface area contributed by atoms with E-state index >= 15 is 0 Å². The minimum atomic E-state index is -0.840. The summed E-state index contributed by atoms with van der Waals surface area (Å²) in [7, 11) is 1.60. The fourth-order valence-corrected chi connectivity index (χ4v) is 4.32. The molecule has 2 rings (SSSR count). The molecule has 0 aliphatic heterocycles. The minimum absolute atomic E-state index is 0.00608. The van der Waals surface area contributed by atoms with Gasteiger partial charge in [0, 0.05) is 24.3 Å². The lowest BCUT2D eigenvalue weighted by Gasteiger charge is -2.09. The van der Waals surface area contributed by atoms with Crippen molar-refractivity contribution in [3.05, 3.63) is 93.5 Å². The third kappa shape index (κ3) is 27.3. The van der Waals surface area contributed by atoms with Gasteiger partial charge in [-0.1, -0.05) is 80.8 Å². The molecule has 0 saturated carbocycles. The van der Waals surface area contributed by atoms with E-state index in [9.17, 15) is 19.7 Å². The van der Waals surface area contributed by atoms with Crippen molar-refractivity contribution in [1.82, 2.24) is 0 Å². The molecular weight excluding hydrogens is 634 g/mol. The Morgan fingerprint density at radius 1 is 0.938 bits per heavy atom. The summed E-state index contributed by atoms with van der Waals surface area (Å²) in [5, 5.41) is 9.78. The van der Waals surface area contributed by atoms with E-state index < -0.39 is 5.09 Å². The van der Waals surface area contributed by atoms with E-state index in [-0.39, 0.29) is 19.0 Å². The summed E-state index contributed by atoms with van der Waals surface area (Å²) >= 11 is 5.90. The Bertz CT molecular complexity index is 1150. The number of rotatable bonds is 23. The smallest absolute Gasteiger partial charge is 0.305 e. The van der Waals surface area contributed by atoms with Gasteiger partial charge in [0.15, 0.2) is 0 Å². The maximum atomic E-state index is 11.4. The van der Waals surface area contributed by atoms with Crippen LogP contribution in [0.4, 0.5) is 0 Å². The lowest BCUT2D eigenvalue weighted by molar-refractivity contribution is -0.757. The van der Waals surface area contributed by atoms with Gasteiger partial charge < -0.3 is 23.8 Å². The fraction of sp³-hybridized carbons (Fsp3) is 0.526. The molecule has 0 fully saturated rings. The summed E-state index contributed by atoms with van der Waals surface area (Å²) in [6.07, 6.45) is 20.3. The molecule has 2 aromatic carbocycles. The van der Waals surface area contributed by atoms with Crippen molar-refractivity contribution in [2.75, 3.05) is 26.9 Å². The number of hydrogen-bond acceptors (Lipinski definition) is 8. The number of methoxy groups -OCH3 is 1. The van der Waals surface area contributed by atoms with Crippen molar-refractivity contribution in [3.8, 4) is 11.5 Å². The number of allylic oxidation sites excluding steroid dienone is 3. The number of aldehydes is 1. The van der Waals surface area contributed by atoms with Crippen LogP contribution in [-0.2, 0) is 25.6 Å². The number of unbranched alkanes of at least 4 members (excludes halogenated alkanes) is 4. The van der Waals surface area contributed by atoms with Crippen LogP contribution in [0.15, 0.2) is 72.8 Å². The second-order valence-electron chi connectivity index (χ2n) is 10.8. The summed E-state index contributed by atoms with van der Waals surface area (Å²) in [5.41, 5.74) is 1.06. The minimum Gasteiger partial charge on any atom is -0.497 e. The van der Waals surface area contributed by atoms with Crippen LogP contribution >= 0.6 is 11.6 Å². The maximum absolute atomic E-state index is 11.4. The van der Waals surface area contributed by atoms with Gasteiger partial charge in [-0.05, 0) is 93.7 Å². The Morgan fingerprint density at radius 2 is 1.71 bits per heavy atom. The van der Waals surface area contributed by atoms with Gasteiger partial charge in [-0.3, -0.25) is 4.79 Å². The number of benzene rings is 2. The zero-order chi connectivity index (χ0) is 35.7. The molecule has 0 radical (unpaired) electrons. The van der Waals surface area contributed by atoms with Crippen LogP contribution in [0.1, 0.15) is 97.0 Å². The zero-order valence-electron chi connectivity index (χ0n) is 29.3. The van der Waals surface area contributed by atoms with Crippen molar-refractivity contribution in [3.63, 3.8) is 0 Å². The van der Waals surface area contributed by atoms with E-state index in [2.05, 4.69) is 36.9 Å². The molecule has 0 heterocycles. The summed E-state index contributed by atoms with van der Waals surface area (Å²) < 4.78 is 15.8. The molecule has 0 N–H and O–H groups in total. The Morgan fingerprint density at radius 3 is 2.33 bits per heavy atom. The van der Waals surface area contributed by atoms with E-state index in [0.29, 0.717) is 38.9 Å². The largest absolute Gasteiger partial charge is 0.497 e. The molecule has 0 spiro atoms. The van der Waals surface area contributed by atoms with Crippen molar-refractivity contribution >= 4 is 23.9 Å². The standard InChI is InChI=1S/C17H25ClO.C14H19NO6.C7H12O/c1-3-5-9-15(4-2)10-6-7-13-19-17-12-8-11-16(18)14-17;1-19-13-7-5-12(6-8-13)9-11-20-14(16)4-2-3-10-21-15(17)18;1-2-3-4-5-6-7-8/h6,8,10-12,14-15H,3-5,7,9,13H2,1-2H3;5-8H,2-4,9-11H2,1H3;2-3,7H,4-6H2,1H3/b10-6+;;3-2-. The van der Waals surface area contributed by atoms with Gasteiger partial charge in [-0.2, -0.15) is 0 Å². The Labute approximate surface area is 292 Å². The number of carbonyl (C=O) groups is 2. The SMILES string of the molecule is C/C=C\CCCC=O.CCCCC(/C=C/CCOc1cccc(Cl)c1)CC.COc1ccc(CCOC(=O)CCCCO[N+](=O)[O-])cc1. The second kappa shape index (κ2) is 31.7. The quantitative estimate of drug-likeness (QED) is 0.0283. The first-order chi connectivity index (χ1) is 23.3. The summed E-state index contributed by atoms with van der Waals surface area (Å²) in [6, 6.07) is 15.1. The molecule has 1 atom stereocenters. The van der Waals surface area contributed by atoms with Crippen LogP contribution < -0.4 is 9.47 Å².